The van der Waals surface area contributed by atoms with Crippen molar-refractivity contribution >= 4 is 28.9 Å². The lowest BCUT2D eigenvalue weighted by Gasteiger charge is -2.11. The van der Waals surface area contributed by atoms with Crippen molar-refractivity contribution in [3.8, 4) is 34.3 Å². The first-order valence-electron chi connectivity index (χ1n) is 8.64. The summed E-state index contributed by atoms with van der Waals surface area (Å²) in [7, 11) is 0. The number of fused-ring (bicyclic) bond motifs is 1. The summed E-state index contributed by atoms with van der Waals surface area (Å²) in [6.07, 6.45) is 0. The van der Waals surface area contributed by atoms with E-state index in [0.29, 0.717) is 5.56 Å². The van der Waals surface area contributed by atoms with Crippen LogP contribution in [0.5, 0.6) is 23.0 Å². The molecule has 0 radical (unpaired) electrons. The minimum Gasteiger partial charge on any atom is -0.504 e. The predicted molar refractivity (Wildman–Crippen MR) is 104 cm³/mol. The molecule has 3 aromatic rings. The number of phenolic OH excluding ortho intramolecular Hbond substituents is 1. The van der Waals surface area contributed by atoms with Gasteiger partial charge in [0.05, 0.1) is 0 Å². The third kappa shape index (κ3) is 4.46. The van der Waals surface area contributed by atoms with E-state index in [1.807, 2.05) is 0 Å². The molecule has 1 N–H and O–H groups in total. The van der Waals surface area contributed by atoms with Gasteiger partial charge in [0.15, 0.2) is 16.9 Å². The van der Waals surface area contributed by atoms with E-state index in [9.17, 15) is 24.3 Å². The predicted octanol–water partition coefficient (Wildman–Crippen LogP) is 2.94. The zero-order valence-electron chi connectivity index (χ0n) is 16.2. The summed E-state index contributed by atoms with van der Waals surface area (Å²) in [5.41, 5.74) is -0.205. The van der Waals surface area contributed by atoms with Crippen LogP contribution in [0.3, 0.4) is 0 Å². The number of ether oxygens (including phenoxy) is 3. The summed E-state index contributed by atoms with van der Waals surface area (Å²) in [4.78, 5) is 46.7. The first-order chi connectivity index (χ1) is 14.1. The molecular weight excluding hydrogens is 396 g/mol. The third-order valence-electron chi connectivity index (χ3n) is 3.78. The van der Waals surface area contributed by atoms with Crippen LogP contribution in [-0.4, -0.2) is 23.0 Å². The van der Waals surface area contributed by atoms with Crippen molar-refractivity contribution in [2.75, 3.05) is 0 Å². The Balaban J connectivity index is 2.21. The van der Waals surface area contributed by atoms with Crippen molar-refractivity contribution in [2.24, 2.45) is 0 Å². The fourth-order valence-electron chi connectivity index (χ4n) is 2.73. The van der Waals surface area contributed by atoms with Crippen LogP contribution in [0.1, 0.15) is 20.8 Å². The number of phenols is 1. The van der Waals surface area contributed by atoms with Gasteiger partial charge in [0.1, 0.15) is 28.2 Å². The summed E-state index contributed by atoms with van der Waals surface area (Å²) in [5.74, 6) is -2.35. The van der Waals surface area contributed by atoms with Crippen LogP contribution in [0.25, 0.3) is 22.3 Å². The molecule has 0 amide bonds. The molecule has 0 bridgehead atoms. The van der Waals surface area contributed by atoms with Crippen LogP contribution in [0, 0.1) is 0 Å². The number of carbonyl (C=O) groups is 3. The number of rotatable bonds is 4. The SMILES string of the molecule is CC(=O)Oc1cc(OC(C)=O)c2c(=O)cc(-c3ccc(O)c(OC(C)=O)c3)oc2c1. The molecule has 0 unspecified atom stereocenters. The zero-order valence-corrected chi connectivity index (χ0v) is 16.2. The Morgan fingerprint density at radius 1 is 0.833 bits per heavy atom. The van der Waals surface area contributed by atoms with Crippen molar-refractivity contribution in [2.45, 2.75) is 20.8 Å². The molecule has 1 heterocycles. The first-order valence-corrected chi connectivity index (χ1v) is 8.64. The highest BCUT2D eigenvalue weighted by Gasteiger charge is 2.17. The van der Waals surface area contributed by atoms with E-state index in [4.69, 9.17) is 18.6 Å². The Bertz CT molecular complexity index is 1240. The zero-order chi connectivity index (χ0) is 22.0. The Morgan fingerprint density at radius 3 is 2.10 bits per heavy atom. The van der Waals surface area contributed by atoms with E-state index >= 15 is 0 Å². The molecule has 154 valence electrons. The number of hydrogen-bond acceptors (Lipinski definition) is 9. The van der Waals surface area contributed by atoms with Crippen LogP contribution in [0.15, 0.2) is 45.6 Å². The van der Waals surface area contributed by atoms with Gasteiger partial charge in [0.25, 0.3) is 0 Å². The van der Waals surface area contributed by atoms with Crippen LogP contribution in [0.2, 0.25) is 0 Å². The van der Waals surface area contributed by atoms with Crippen LogP contribution < -0.4 is 19.6 Å². The molecule has 0 spiro atoms. The quantitative estimate of drug-likeness (QED) is 0.508. The number of benzene rings is 2. The van der Waals surface area contributed by atoms with E-state index in [1.165, 1.54) is 44.2 Å². The summed E-state index contributed by atoms with van der Waals surface area (Å²) in [5, 5.41) is 9.81. The van der Waals surface area contributed by atoms with E-state index in [1.54, 1.807) is 0 Å². The van der Waals surface area contributed by atoms with E-state index in [2.05, 4.69) is 0 Å². The van der Waals surface area contributed by atoms with Crippen molar-refractivity contribution in [1.29, 1.82) is 0 Å². The molecule has 9 nitrogen and oxygen atoms in total. The fraction of sp³-hybridized carbons (Fsp3) is 0.143. The van der Waals surface area contributed by atoms with Gasteiger partial charge < -0.3 is 23.7 Å². The third-order valence-corrected chi connectivity index (χ3v) is 3.78. The standard InChI is InChI=1S/C21H16O9/c1-10(22)27-14-7-19(29-12(3)24)21-16(26)9-17(30-20(21)8-14)13-4-5-15(25)18(6-13)28-11(2)23/h4-9,25H,1-3H3. The minimum atomic E-state index is -0.677. The van der Waals surface area contributed by atoms with Crippen LogP contribution in [-0.2, 0) is 14.4 Å². The molecule has 0 aliphatic heterocycles. The second-order valence-electron chi connectivity index (χ2n) is 6.23. The molecule has 2 aromatic carbocycles. The largest absolute Gasteiger partial charge is 0.504 e. The van der Waals surface area contributed by atoms with Gasteiger partial charge in [-0.25, -0.2) is 0 Å². The van der Waals surface area contributed by atoms with Gasteiger partial charge in [-0.15, -0.1) is 0 Å². The lowest BCUT2D eigenvalue weighted by molar-refractivity contribution is -0.133. The van der Waals surface area contributed by atoms with Gasteiger partial charge in [-0.2, -0.15) is 0 Å². The molecular formula is C21H16O9. The Hall–Kier alpha value is -4.14. The number of esters is 3. The van der Waals surface area contributed by atoms with Gasteiger partial charge in [-0.05, 0) is 18.2 Å². The molecule has 0 fully saturated rings. The number of hydrogen-bond donors (Lipinski definition) is 1. The smallest absolute Gasteiger partial charge is 0.308 e. The molecule has 1 aromatic heterocycles. The molecule has 30 heavy (non-hydrogen) atoms. The summed E-state index contributed by atoms with van der Waals surface area (Å²) in [6.45, 7) is 3.53. The van der Waals surface area contributed by atoms with Gasteiger partial charge in [-0.3, -0.25) is 19.2 Å². The van der Waals surface area contributed by atoms with Gasteiger partial charge >= 0.3 is 17.9 Å². The topological polar surface area (TPSA) is 129 Å². The van der Waals surface area contributed by atoms with E-state index in [-0.39, 0.29) is 39.7 Å². The monoisotopic (exact) mass is 412 g/mol. The second-order valence-corrected chi connectivity index (χ2v) is 6.23. The van der Waals surface area contributed by atoms with Gasteiger partial charge in [0.2, 0.25) is 0 Å². The maximum Gasteiger partial charge on any atom is 0.308 e. The van der Waals surface area contributed by atoms with Gasteiger partial charge in [-0.1, -0.05) is 0 Å². The Labute approximate surface area is 169 Å². The van der Waals surface area contributed by atoms with E-state index in [0.717, 1.165) is 13.0 Å². The number of carbonyl (C=O) groups excluding carboxylic acids is 3. The minimum absolute atomic E-state index is 0.00499. The highest BCUT2D eigenvalue weighted by atomic mass is 16.5. The highest BCUT2D eigenvalue weighted by Crippen LogP contribution is 2.35. The summed E-state index contributed by atoms with van der Waals surface area (Å²) >= 11 is 0. The highest BCUT2D eigenvalue weighted by molar-refractivity contribution is 5.89. The molecule has 3 rings (SSSR count). The number of aromatic hydroxyl groups is 1. The molecule has 0 aliphatic rings. The maximum atomic E-state index is 12.7. The maximum absolute atomic E-state index is 12.7. The lowest BCUT2D eigenvalue weighted by Crippen LogP contribution is -2.09. The second kappa shape index (κ2) is 8.08. The van der Waals surface area contributed by atoms with Crippen molar-refractivity contribution in [1.82, 2.24) is 0 Å². The Morgan fingerprint density at radius 2 is 1.47 bits per heavy atom. The Kier molecular flexibility index (Phi) is 5.54. The molecule has 0 atom stereocenters. The average molecular weight is 412 g/mol. The molecule has 0 saturated heterocycles. The van der Waals surface area contributed by atoms with Gasteiger partial charge in [0, 0.05) is 44.5 Å². The van der Waals surface area contributed by atoms with E-state index < -0.39 is 23.3 Å². The fourth-order valence-corrected chi connectivity index (χ4v) is 2.73. The van der Waals surface area contributed by atoms with Crippen LogP contribution >= 0.6 is 0 Å². The summed E-state index contributed by atoms with van der Waals surface area (Å²) in [6, 6.07) is 7.75. The molecule has 0 aliphatic carbocycles. The van der Waals surface area contributed by atoms with Crippen molar-refractivity contribution in [3.05, 3.63) is 46.6 Å². The van der Waals surface area contributed by atoms with Crippen molar-refractivity contribution < 1.29 is 38.1 Å². The summed E-state index contributed by atoms with van der Waals surface area (Å²) < 4.78 is 20.8. The average Bonchev–Trinajstić information content (AvgIpc) is 2.61. The molecule has 9 heteroatoms. The molecule has 0 saturated carbocycles. The van der Waals surface area contributed by atoms with Crippen molar-refractivity contribution in [3.63, 3.8) is 0 Å². The first kappa shape index (κ1) is 20.6. The normalized spacial score (nSPS) is 10.5. The lowest BCUT2D eigenvalue weighted by atomic mass is 10.1. The van der Waals surface area contributed by atoms with Crippen LogP contribution in [0.4, 0.5) is 0 Å².